The second-order valence-corrected chi connectivity index (χ2v) is 5.82. The molecular weight excluding hydrogens is 231 g/mol. The van der Waals surface area contributed by atoms with Crippen molar-refractivity contribution in [2.45, 2.75) is 10.9 Å². The van der Waals surface area contributed by atoms with Crippen molar-refractivity contribution in [3.8, 4) is 0 Å². The van der Waals surface area contributed by atoms with Crippen LogP contribution in [0.3, 0.4) is 0 Å². The molecule has 1 unspecified atom stereocenters. The van der Waals surface area contributed by atoms with Gasteiger partial charge in [-0.15, -0.1) is 0 Å². The molecule has 0 amide bonds. The van der Waals surface area contributed by atoms with E-state index in [-0.39, 0.29) is 16.7 Å². The summed E-state index contributed by atoms with van der Waals surface area (Å²) in [7, 11) is -1.55. The van der Waals surface area contributed by atoms with Crippen LogP contribution in [0.15, 0.2) is 23.1 Å². The first-order valence-electron chi connectivity index (χ1n) is 4.96. The number of likely N-dealkylation sites (N-methyl/N-ethyl adjacent to an activating group) is 1. The molecule has 6 heteroatoms. The van der Waals surface area contributed by atoms with Gasteiger partial charge in [-0.3, -0.25) is 0 Å². The molecule has 1 aliphatic heterocycles. The zero-order chi connectivity index (χ0) is 11.8. The predicted molar refractivity (Wildman–Crippen MR) is 59.8 cm³/mol. The molecule has 0 saturated carbocycles. The van der Waals surface area contributed by atoms with E-state index in [0.29, 0.717) is 12.2 Å². The number of hydrogen-bond acceptors (Lipinski definition) is 4. The van der Waals surface area contributed by atoms with Crippen LogP contribution >= 0.6 is 0 Å². The third kappa shape index (κ3) is 2.03. The van der Waals surface area contributed by atoms with E-state index >= 15 is 0 Å². The molecule has 1 heterocycles. The lowest BCUT2D eigenvalue weighted by Gasteiger charge is -2.26. The smallest absolute Gasteiger partial charge is 0.182 e. The van der Waals surface area contributed by atoms with Crippen molar-refractivity contribution in [1.82, 2.24) is 5.32 Å². The molecule has 4 nitrogen and oxygen atoms in total. The highest BCUT2D eigenvalue weighted by atomic mass is 32.2. The second kappa shape index (κ2) is 4.03. The van der Waals surface area contributed by atoms with Crippen LogP contribution in [0.2, 0.25) is 0 Å². The van der Waals surface area contributed by atoms with E-state index in [0.717, 1.165) is 6.07 Å². The van der Waals surface area contributed by atoms with Gasteiger partial charge in [0.2, 0.25) is 0 Å². The minimum absolute atomic E-state index is 0.0342. The Balaban J connectivity index is 2.44. The summed E-state index contributed by atoms with van der Waals surface area (Å²) in [6.07, 6.45) is 0. The average molecular weight is 244 g/mol. The van der Waals surface area contributed by atoms with E-state index in [9.17, 15) is 12.8 Å². The predicted octanol–water partition coefficient (Wildman–Crippen LogP) is 0.613. The van der Waals surface area contributed by atoms with E-state index in [1.807, 2.05) is 0 Å². The molecule has 0 spiro atoms. The highest BCUT2D eigenvalue weighted by Gasteiger charge is 2.29. The summed E-state index contributed by atoms with van der Waals surface area (Å²) < 4.78 is 36.8. The number of benzene rings is 1. The van der Waals surface area contributed by atoms with Gasteiger partial charge >= 0.3 is 0 Å². The van der Waals surface area contributed by atoms with E-state index in [1.54, 1.807) is 7.05 Å². The number of sulfone groups is 1. The summed E-state index contributed by atoms with van der Waals surface area (Å²) >= 11 is 0. The van der Waals surface area contributed by atoms with Gasteiger partial charge in [-0.1, -0.05) is 0 Å². The van der Waals surface area contributed by atoms with E-state index < -0.39 is 15.7 Å². The molecule has 0 fully saturated rings. The number of rotatable bonds is 2. The summed E-state index contributed by atoms with van der Waals surface area (Å²) in [5, 5.41) is 5.91. The monoisotopic (exact) mass is 244 g/mol. The molecular formula is C10H13FN2O2S. The fraction of sp³-hybridized carbons (Fsp3) is 0.400. The largest absolute Gasteiger partial charge is 0.379 e. The topological polar surface area (TPSA) is 58.2 Å². The quantitative estimate of drug-likeness (QED) is 0.749. The van der Waals surface area contributed by atoms with Crippen LogP contribution < -0.4 is 10.6 Å². The van der Waals surface area contributed by atoms with Crippen molar-refractivity contribution < 1.29 is 12.8 Å². The van der Waals surface area contributed by atoms with Crippen LogP contribution in [0.1, 0.15) is 0 Å². The van der Waals surface area contributed by atoms with Gasteiger partial charge in [0.1, 0.15) is 5.82 Å². The molecule has 0 aliphatic carbocycles. The van der Waals surface area contributed by atoms with Gasteiger partial charge in [0.15, 0.2) is 9.84 Å². The van der Waals surface area contributed by atoms with Gasteiger partial charge < -0.3 is 10.6 Å². The molecule has 2 rings (SSSR count). The van der Waals surface area contributed by atoms with Gasteiger partial charge in [0.25, 0.3) is 0 Å². The number of hydrogen-bond donors (Lipinski definition) is 2. The van der Waals surface area contributed by atoms with Crippen LogP contribution in [-0.4, -0.2) is 33.8 Å². The summed E-state index contributed by atoms with van der Waals surface area (Å²) in [4.78, 5) is 0.182. The molecule has 1 aromatic rings. The molecule has 0 bridgehead atoms. The lowest BCUT2D eigenvalue weighted by Crippen LogP contribution is -2.40. The molecule has 1 aromatic carbocycles. The van der Waals surface area contributed by atoms with Crippen molar-refractivity contribution in [2.75, 3.05) is 24.7 Å². The minimum atomic E-state index is -3.30. The third-order valence-corrected chi connectivity index (χ3v) is 4.37. The standard InChI is InChI=1S/C10H13FN2O2S/c1-12-5-8-6-16(14,15)10-3-2-7(11)4-9(10)13-8/h2-4,8,12-13H,5-6H2,1H3. The Morgan fingerprint density at radius 2 is 2.31 bits per heavy atom. The third-order valence-electron chi connectivity index (χ3n) is 2.51. The van der Waals surface area contributed by atoms with Gasteiger partial charge in [0, 0.05) is 6.54 Å². The maximum Gasteiger partial charge on any atom is 0.182 e. The summed E-state index contributed by atoms with van der Waals surface area (Å²) in [6, 6.07) is 3.47. The first-order valence-corrected chi connectivity index (χ1v) is 6.61. The molecule has 0 saturated heterocycles. The van der Waals surface area contributed by atoms with E-state index in [4.69, 9.17) is 0 Å². The van der Waals surface area contributed by atoms with Crippen molar-refractivity contribution in [1.29, 1.82) is 0 Å². The van der Waals surface area contributed by atoms with Gasteiger partial charge in [-0.2, -0.15) is 0 Å². The molecule has 16 heavy (non-hydrogen) atoms. The Labute approximate surface area is 93.8 Å². The fourth-order valence-electron chi connectivity index (χ4n) is 1.86. The summed E-state index contributed by atoms with van der Waals surface area (Å²) in [5.41, 5.74) is 0.353. The lowest BCUT2D eigenvalue weighted by molar-refractivity contribution is 0.578. The number of anilines is 1. The minimum Gasteiger partial charge on any atom is -0.379 e. The SMILES string of the molecule is CNCC1CS(=O)(=O)c2ccc(F)cc2N1. The van der Waals surface area contributed by atoms with Crippen LogP contribution in [0.25, 0.3) is 0 Å². The Morgan fingerprint density at radius 1 is 1.56 bits per heavy atom. The average Bonchev–Trinajstić information content (AvgIpc) is 2.15. The number of fused-ring (bicyclic) bond motifs is 1. The van der Waals surface area contributed by atoms with Crippen molar-refractivity contribution in [2.24, 2.45) is 0 Å². The van der Waals surface area contributed by atoms with Crippen LogP contribution in [0, 0.1) is 5.82 Å². The number of nitrogens with one attached hydrogen (secondary N) is 2. The summed E-state index contributed by atoms with van der Waals surface area (Å²) in [5.74, 6) is -0.404. The van der Waals surface area contributed by atoms with E-state index in [2.05, 4.69) is 10.6 Å². The van der Waals surface area contributed by atoms with Crippen LogP contribution in [0.5, 0.6) is 0 Å². The highest BCUT2D eigenvalue weighted by molar-refractivity contribution is 7.91. The molecule has 0 aromatic heterocycles. The Bertz CT molecular complexity index is 502. The zero-order valence-electron chi connectivity index (χ0n) is 8.83. The lowest BCUT2D eigenvalue weighted by atomic mass is 10.2. The number of halogens is 1. The molecule has 0 radical (unpaired) electrons. The van der Waals surface area contributed by atoms with Crippen molar-refractivity contribution in [3.63, 3.8) is 0 Å². The Kier molecular flexibility index (Phi) is 2.86. The normalized spacial score (nSPS) is 22.2. The zero-order valence-corrected chi connectivity index (χ0v) is 9.64. The van der Waals surface area contributed by atoms with Crippen LogP contribution in [0.4, 0.5) is 10.1 Å². The van der Waals surface area contributed by atoms with Gasteiger partial charge in [-0.05, 0) is 25.2 Å². The fourth-order valence-corrected chi connectivity index (χ4v) is 3.50. The summed E-state index contributed by atoms with van der Waals surface area (Å²) in [6.45, 7) is 0.523. The second-order valence-electron chi connectivity index (χ2n) is 3.82. The first-order chi connectivity index (χ1) is 7.53. The Morgan fingerprint density at radius 3 is 3.00 bits per heavy atom. The van der Waals surface area contributed by atoms with Crippen molar-refractivity contribution >= 4 is 15.5 Å². The van der Waals surface area contributed by atoms with E-state index in [1.165, 1.54) is 12.1 Å². The molecule has 88 valence electrons. The van der Waals surface area contributed by atoms with Gasteiger partial charge in [-0.25, -0.2) is 12.8 Å². The molecule has 1 atom stereocenters. The first kappa shape index (κ1) is 11.3. The van der Waals surface area contributed by atoms with Crippen molar-refractivity contribution in [3.05, 3.63) is 24.0 Å². The Hall–Kier alpha value is -1.14. The van der Waals surface area contributed by atoms with Gasteiger partial charge in [0.05, 0.1) is 22.4 Å². The highest BCUT2D eigenvalue weighted by Crippen LogP contribution is 2.28. The maximum absolute atomic E-state index is 13.0. The molecule has 2 N–H and O–H groups in total. The van der Waals surface area contributed by atoms with Crippen LogP contribution in [-0.2, 0) is 9.84 Å². The maximum atomic E-state index is 13.0. The molecule has 1 aliphatic rings.